The number of allylic oxidation sites excluding steroid dienone is 1. The van der Waals surface area contributed by atoms with Crippen molar-refractivity contribution in [3.8, 4) is 0 Å². The van der Waals surface area contributed by atoms with Crippen LogP contribution in [0.1, 0.15) is 17.3 Å². The number of ether oxygens (including phenoxy) is 2. The molecule has 5 rings (SSSR count). The van der Waals surface area contributed by atoms with Crippen LogP contribution in [0.5, 0.6) is 0 Å². The van der Waals surface area contributed by atoms with Gasteiger partial charge >= 0.3 is 6.03 Å². The van der Waals surface area contributed by atoms with Crippen LogP contribution in [0.25, 0.3) is 0 Å². The third-order valence-corrected chi connectivity index (χ3v) is 8.35. The molecular weight excluding hydrogens is 566 g/mol. The van der Waals surface area contributed by atoms with Gasteiger partial charge in [0.1, 0.15) is 0 Å². The number of nitrogens with zero attached hydrogens (tertiary/aromatic N) is 4. The summed E-state index contributed by atoms with van der Waals surface area (Å²) in [4.78, 5) is 31.7. The average molecular weight is 608 g/mol. The summed E-state index contributed by atoms with van der Waals surface area (Å²) in [5, 5.41) is 9.80. The van der Waals surface area contributed by atoms with Crippen molar-refractivity contribution in [2.75, 3.05) is 88.1 Å². The molecule has 0 radical (unpaired) electrons. The molecule has 1 unspecified atom stereocenters. The molecule has 3 aliphatic rings. The first-order valence-corrected chi connectivity index (χ1v) is 15.4. The summed E-state index contributed by atoms with van der Waals surface area (Å²) in [5.74, 6) is -0.140. The number of carbonyl (C=O) groups excluding carboxylic acids is 2. The zero-order valence-corrected chi connectivity index (χ0v) is 25.9. The van der Waals surface area contributed by atoms with Crippen molar-refractivity contribution in [2.45, 2.75) is 13.0 Å². The first kappa shape index (κ1) is 30.7. The number of amides is 3. The summed E-state index contributed by atoms with van der Waals surface area (Å²) in [6, 6.07) is 14.3. The minimum atomic E-state index is -0.357. The summed E-state index contributed by atoms with van der Waals surface area (Å²) >= 11 is 1.69. The fourth-order valence-corrected chi connectivity index (χ4v) is 5.97. The average Bonchev–Trinajstić information content (AvgIpc) is 3.02. The lowest BCUT2D eigenvalue weighted by atomic mass is 10.2. The normalized spacial score (nSPS) is 19.1. The van der Waals surface area contributed by atoms with Crippen molar-refractivity contribution in [1.29, 1.82) is 0 Å². The Hall–Kier alpha value is -3.71. The van der Waals surface area contributed by atoms with Gasteiger partial charge in [0.2, 0.25) is 0 Å². The van der Waals surface area contributed by atoms with Crippen LogP contribution in [0.15, 0.2) is 71.5 Å². The smallest absolute Gasteiger partial charge is 0.323 e. The minimum Gasteiger partial charge on any atom is -0.378 e. The highest BCUT2D eigenvalue weighted by molar-refractivity contribution is 8.04. The standard InChI is InChI=1S/C31H41N7O4S/c1-23-21-37(16-19-42-23)28-20-29(36-14-17-41-18-15-36)43-38(22-28)27-10-8-26(9-11-27)34-31(40)33-25-6-4-24(5-7-25)30(39)32-12-13-35(2)3/h4-11,20,22-23H,12-19,21H2,1-3H3,(H,32,39)(H2,33,34,40). The van der Waals surface area contributed by atoms with Crippen molar-refractivity contribution in [1.82, 2.24) is 20.0 Å². The van der Waals surface area contributed by atoms with Gasteiger partial charge in [-0.1, -0.05) is 0 Å². The van der Waals surface area contributed by atoms with Crippen LogP contribution in [0.4, 0.5) is 21.9 Å². The molecule has 0 spiro atoms. The van der Waals surface area contributed by atoms with Crippen molar-refractivity contribution in [2.24, 2.45) is 0 Å². The van der Waals surface area contributed by atoms with E-state index >= 15 is 0 Å². The van der Waals surface area contributed by atoms with Crippen LogP contribution < -0.4 is 20.3 Å². The van der Waals surface area contributed by atoms with Crippen molar-refractivity contribution in [3.05, 3.63) is 77.1 Å². The summed E-state index contributed by atoms with van der Waals surface area (Å²) in [6.07, 6.45) is 4.63. The van der Waals surface area contributed by atoms with Gasteiger partial charge in [0.25, 0.3) is 5.91 Å². The lowest BCUT2D eigenvalue weighted by molar-refractivity contribution is -0.00468. The van der Waals surface area contributed by atoms with E-state index in [1.165, 1.54) is 5.03 Å². The highest BCUT2D eigenvalue weighted by Crippen LogP contribution is 2.37. The van der Waals surface area contributed by atoms with E-state index in [0.29, 0.717) is 30.1 Å². The quantitative estimate of drug-likeness (QED) is 0.367. The van der Waals surface area contributed by atoms with Gasteiger partial charge in [0, 0.05) is 74.4 Å². The first-order valence-electron chi connectivity index (χ1n) is 14.6. The maximum atomic E-state index is 12.7. The largest absolute Gasteiger partial charge is 0.378 e. The van der Waals surface area contributed by atoms with E-state index in [4.69, 9.17) is 9.47 Å². The van der Waals surface area contributed by atoms with Gasteiger partial charge in [-0.15, -0.1) is 0 Å². The second kappa shape index (κ2) is 14.6. The molecule has 2 fully saturated rings. The number of hydrogen-bond acceptors (Lipinski definition) is 9. The first-order chi connectivity index (χ1) is 20.8. The molecule has 11 nitrogen and oxygen atoms in total. The Morgan fingerprint density at radius 2 is 1.58 bits per heavy atom. The Labute approximate surface area is 258 Å². The Morgan fingerprint density at radius 3 is 2.23 bits per heavy atom. The monoisotopic (exact) mass is 607 g/mol. The van der Waals surface area contributed by atoms with Crippen LogP contribution in [0, 0.1) is 0 Å². The Kier molecular flexibility index (Phi) is 10.5. The van der Waals surface area contributed by atoms with Gasteiger partial charge in [0.05, 0.1) is 42.3 Å². The summed E-state index contributed by atoms with van der Waals surface area (Å²) < 4.78 is 13.5. The van der Waals surface area contributed by atoms with Crippen molar-refractivity contribution >= 4 is 40.9 Å². The zero-order chi connectivity index (χ0) is 30.2. The maximum Gasteiger partial charge on any atom is 0.323 e. The van der Waals surface area contributed by atoms with Crippen LogP contribution in [0.2, 0.25) is 0 Å². The predicted octanol–water partition coefficient (Wildman–Crippen LogP) is 3.83. The number of anilines is 3. The lowest BCUT2D eigenvalue weighted by Gasteiger charge is -2.39. The number of carbonyl (C=O) groups is 2. The fourth-order valence-electron chi connectivity index (χ4n) is 4.91. The van der Waals surface area contributed by atoms with E-state index in [2.05, 4.69) is 49.3 Å². The summed E-state index contributed by atoms with van der Waals surface area (Å²) in [5.41, 5.74) is 3.99. The molecule has 0 bridgehead atoms. The minimum absolute atomic E-state index is 0.140. The van der Waals surface area contributed by atoms with E-state index in [0.717, 1.165) is 57.3 Å². The molecule has 3 N–H and O–H groups in total. The van der Waals surface area contributed by atoms with Crippen molar-refractivity contribution < 1.29 is 19.1 Å². The van der Waals surface area contributed by atoms with Crippen LogP contribution >= 0.6 is 11.9 Å². The van der Waals surface area contributed by atoms with Gasteiger partial charge in [-0.05, 0) is 75.6 Å². The van der Waals surface area contributed by atoms with Gasteiger partial charge in [-0.2, -0.15) is 0 Å². The highest BCUT2D eigenvalue weighted by atomic mass is 32.2. The van der Waals surface area contributed by atoms with E-state index in [1.807, 2.05) is 43.3 Å². The number of morpholine rings is 2. The lowest BCUT2D eigenvalue weighted by Crippen LogP contribution is -2.42. The summed E-state index contributed by atoms with van der Waals surface area (Å²) in [6.45, 7) is 9.04. The molecule has 2 saturated heterocycles. The van der Waals surface area contributed by atoms with E-state index in [-0.39, 0.29) is 18.0 Å². The molecule has 1 atom stereocenters. The van der Waals surface area contributed by atoms with E-state index in [9.17, 15) is 9.59 Å². The number of benzene rings is 2. The van der Waals surface area contributed by atoms with Gasteiger partial charge in [-0.3, -0.25) is 9.10 Å². The number of urea groups is 1. The summed E-state index contributed by atoms with van der Waals surface area (Å²) in [7, 11) is 3.92. The number of hydrogen-bond donors (Lipinski definition) is 3. The second-order valence-corrected chi connectivity index (χ2v) is 11.9. The molecule has 0 aliphatic carbocycles. The zero-order valence-electron chi connectivity index (χ0n) is 25.0. The van der Waals surface area contributed by atoms with Gasteiger partial charge in [-0.25, -0.2) is 4.79 Å². The van der Waals surface area contributed by atoms with Crippen LogP contribution in [-0.2, 0) is 9.47 Å². The number of likely N-dealkylation sites (N-methyl/N-ethyl adjacent to an activating group) is 1. The molecule has 43 heavy (non-hydrogen) atoms. The number of nitrogens with one attached hydrogen (secondary N) is 3. The SMILES string of the molecule is CC1CN(C2=CN(c3ccc(NC(=O)Nc4ccc(C(=O)NCCN(C)C)cc4)cc3)SC(N3CCOCC3)=C2)CCO1. The Bertz CT molecular complexity index is 1310. The van der Waals surface area contributed by atoms with Crippen LogP contribution in [-0.4, -0.2) is 106 Å². The molecule has 2 aromatic rings. The van der Waals surface area contributed by atoms with Gasteiger partial charge in [0.15, 0.2) is 0 Å². The molecule has 0 aromatic heterocycles. The van der Waals surface area contributed by atoms with Gasteiger partial charge < -0.3 is 40.1 Å². The Balaban J connectivity index is 1.19. The molecule has 3 heterocycles. The molecule has 230 valence electrons. The van der Waals surface area contributed by atoms with Crippen molar-refractivity contribution in [3.63, 3.8) is 0 Å². The Morgan fingerprint density at radius 1 is 0.930 bits per heavy atom. The van der Waals surface area contributed by atoms with E-state index < -0.39 is 0 Å². The molecule has 3 amide bonds. The third-order valence-electron chi connectivity index (χ3n) is 7.27. The highest BCUT2D eigenvalue weighted by Gasteiger charge is 2.26. The number of rotatable bonds is 9. The molecule has 12 heteroatoms. The molecular formula is C31H41N7O4S. The fraction of sp³-hybridized carbons (Fsp3) is 0.419. The second-order valence-electron chi connectivity index (χ2n) is 10.9. The third kappa shape index (κ3) is 8.66. The molecule has 0 saturated carbocycles. The van der Waals surface area contributed by atoms with E-state index in [1.54, 1.807) is 36.2 Å². The maximum absolute atomic E-state index is 12.7. The topological polar surface area (TPSA) is 102 Å². The predicted molar refractivity (Wildman–Crippen MR) is 172 cm³/mol. The molecule has 2 aromatic carbocycles. The molecule has 3 aliphatic heterocycles. The van der Waals surface area contributed by atoms with Crippen LogP contribution in [0.3, 0.4) is 0 Å².